The molecule has 0 heterocycles. The van der Waals surface area contributed by atoms with Crippen molar-refractivity contribution in [1.82, 2.24) is 21.3 Å². The molecular formula is C20H28N4O3. The second kappa shape index (κ2) is 14.2. The number of carbonyl (C=O) groups excluding carboxylic acids is 3. The topological polar surface area (TPSA) is 99.3 Å². The summed E-state index contributed by atoms with van der Waals surface area (Å²) in [6.07, 6.45) is 17.4. The van der Waals surface area contributed by atoms with Crippen LogP contribution in [0.25, 0.3) is 0 Å². The minimum atomic E-state index is -0.561. The van der Waals surface area contributed by atoms with Crippen LogP contribution >= 0.6 is 0 Å². The molecule has 0 unspecified atom stereocenters. The molecule has 7 heteroatoms. The van der Waals surface area contributed by atoms with Crippen LogP contribution in [-0.4, -0.2) is 49.9 Å². The predicted molar refractivity (Wildman–Crippen MR) is 105 cm³/mol. The Labute approximate surface area is 161 Å². The number of amides is 3. The molecule has 0 bridgehead atoms. The van der Waals surface area contributed by atoms with Crippen LogP contribution in [0.4, 0.5) is 0 Å². The summed E-state index contributed by atoms with van der Waals surface area (Å²) in [6.45, 7) is 0.483. The normalized spacial score (nSPS) is 10.0. The Kier molecular flexibility index (Phi) is 12.7. The monoisotopic (exact) mass is 372 g/mol. The highest BCUT2D eigenvalue weighted by molar-refractivity contribution is 5.77. The van der Waals surface area contributed by atoms with Crippen LogP contribution in [0.3, 0.4) is 0 Å². The summed E-state index contributed by atoms with van der Waals surface area (Å²) in [5.41, 5.74) is -0.561. The highest BCUT2D eigenvalue weighted by Gasteiger charge is 2.30. The third kappa shape index (κ3) is 11.3. The summed E-state index contributed by atoms with van der Waals surface area (Å²) in [7, 11) is 1.75. The van der Waals surface area contributed by atoms with Gasteiger partial charge in [0.2, 0.25) is 17.7 Å². The van der Waals surface area contributed by atoms with Crippen molar-refractivity contribution >= 4 is 17.7 Å². The third-order valence-electron chi connectivity index (χ3n) is 4.19. The predicted octanol–water partition coefficient (Wildman–Crippen LogP) is -0.467. The molecule has 0 atom stereocenters. The molecule has 0 fully saturated rings. The van der Waals surface area contributed by atoms with E-state index in [-0.39, 0.29) is 56.6 Å². The first-order valence-electron chi connectivity index (χ1n) is 8.72. The summed E-state index contributed by atoms with van der Waals surface area (Å²) >= 11 is 0. The van der Waals surface area contributed by atoms with Gasteiger partial charge in [-0.1, -0.05) is 17.8 Å². The fourth-order valence-electron chi connectivity index (χ4n) is 2.52. The molecule has 0 aromatic heterocycles. The van der Waals surface area contributed by atoms with E-state index in [1.54, 1.807) is 7.05 Å². The molecule has 0 aromatic rings. The zero-order valence-electron chi connectivity index (χ0n) is 15.8. The SMILES string of the molecule is C#CCNC(=O)CCC(CCC(=O)NCC#C)(CCC(=O)NCC#C)NC. The van der Waals surface area contributed by atoms with E-state index in [0.717, 1.165) is 0 Å². The lowest BCUT2D eigenvalue weighted by Gasteiger charge is -2.33. The van der Waals surface area contributed by atoms with Crippen LogP contribution in [0.15, 0.2) is 0 Å². The molecule has 146 valence electrons. The van der Waals surface area contributed by atoms with Crippen molar-refractivity contribution < 1.29 is 14.4 Å². The highest BCUT2D eigenvalue weighted by atomic mass is 16.2. The second-order valence-electron chi connectivity index (χ2n) is 5.97. The molecule has 27 heavy (non-hydrogen) atoms. The fraction of sp³-hybridized carbons (Fsp3) is 0.550. The maximum atomic E-state index is 11.9. The smallest absolute Gasteiger partial charge is 0.220 e. The number of rotatable bonds is 13. The molecular weight excluding hydrogens is 344 g/mol. The van der Waals surface area contributed by atoms with Crippen molar-refractivity contribution in [2.24, 2.45) is 0 Å². The second-order valence-corrected chi connectivity index (χ2v) is 5.97. The third-order valence-corrected chi connectivity index (χ3v) is 4.19. The number of hydrogen-bond donors (Lipinski definition) is 4. The molecule has 0 aliphatic rings. The maximum Gasteiger partial charge on any atom is 0.220 e. The van der Waals surface area contributed by atoms with Gasteiger partial charge in [0.05, 0.1) is 19.6 Å². The standard InChI is InChI=1S/C20H28N4O3/c1-5-14-22-17(25)8-11-20(21-4,12-9-18(26)23-15-6-2)13-10-19(27)24-16-7-3/h1-3,21H,8-16H2,4H3,(H,22,25)(H,23,26)(H,24,27). The highest BCUT2D eigenvalue weighted by Crippen LogP contribution is 2.25. The molecule has 0 aliphatic heterocycles. The van der Waals surface area contributed by atoms with Crippen LogP contribution in [0.2, 0.25) is 0 Å². The van der Waals surface area contributed by atoms with Crippen molar-refractivity contribution in [3.05, 3.63) is 0 Å². The zero-order valence-corrected chi connectivity index (χ0v) is 15.8. The van der Waals surface area contributed by atoms with Gasteiger partial charge in [-0.2, -0.15) is 0 Å². The lowest BCUT2D eigenvalue weighted by molar-refractivity contribution is -0.121. The Morgan fingerprint density at radius 3 is 1.22 bits per heavy atom. The Bertz CT molecular complexity index is 539. The Hall–Kier alpha value is -2.95. The molecule has 7 nitrogen and oxygen atoms in total. The van der Waals surface area contributed by atoms with Gasteiger partial charge in [0.25, 0.3) is 0 Å². The summed E-state index contributed by atoms with van der Waals surface area (Å²) in [5.74, 6) is 6.49. The summed E-state index contributed by atoms with van der Waals surface area (Å²) < 4.78 is 0. The van der Waals surface area contributed by atoms with E-state index in [0.29, 0.717) is 19.3 Å². The molecule has 0 rings (SSSR count). The largest absolute Gasteiger partial charge is 0.345 e. The molecule has 0 saturated heterocycles. The molecule has 0 aromatic carbocycles. The summed E-state index contributed by atoms with van der Waals surface area (Å²) in [5, 5.41) is 11.0. The van der Waals surface area contributed by atoms with Gasteiger partial charge in [-0.05, 0) is 26.3 Å². The van der Waals surface area contributed by atoms with Gasteiger partial charge in [0.15, 0.2) is 0 Å². The molecule has 0 radical (unpaired) electrons. The Morgan fingerprint density at radius 1 is 0.704 bits per heavy atom. The number of carbonyl (C=O) groups is 3. The maximum absolute atomic E-state index is 11.9. The van der Waals surface area contributed by atoms with Gasteiger partial charge < -0.3 is 21.3 Å². The van der Waals surface area contributed by atoms with Crippen LogP contribution in [0.1, 0.15) is 38.5 Å². The van der Waals surface area contributed by atoms with Crippen LogP contribution < -0.4 is 21.3 Å². The van der Waals surface area contributed by atoms with Crippen molar-refractivity contribution in [2.75, 3.05) is 26.7 Å². The van der Waals surface area contributed by atoms with Gasteiger partial charge in [0, 0.05) is 24.8 Å². The first-order chi connectivity index (χ1) is 12.9. The van der Waals surface area contributed by atoms with Crippen LogP contribution in [-0.2, 0) is 14.4 Å². The average Bonchev–Trinajstić information content (AvgIpc) is 2.68. The number of terminal acetylenes is 3. The van der Waals surface area contributed by atoms with E-state index in [4.69, 9.17) is 19.3 Å². The van der Waals surface area contributed by atoms with E-state index in [9.17, 15) is 14.4 Å². The Balaban J connectivity index is 4.91. The first-order valence-corrected chi connectivity index (χ1v) is 8.72. The number of nitrogens with one attached hydrogen (secondary N) is 4. The Morgan fingerprint density at radius 2 is 1.00 bits per heavy atom. The fourth-order valence-corrected chi connectivity index (χ4v) is 2.52. The lowest BCUT2D eigenvalue weighted by Crippen LogP contribution is -2.46. The van der Waals surface area contributed by atoms with Crippen molar-refractivity contribution in [3.63, 3.8) is 0 Å². The van der Waals surface area contributed by atoms with Crippen molar-refractivity contribution in [3.8, 4) is 37.0 Å². The minimum absolute atomic E-state index is 0.161. The molecule has 4 N–H and O–H groups in total. The van der Waals surface area contributed by atoms with Crippen molar-refractivity contribution in [1.29, 1.82) is 0 Å². The molecule has 3 amide bonds. The van der Waals surface area contributed by atoms with E-state index in [1.807, 2.05) is 0 Å². The number of hydrogen-bond acceptors (Lipinski definition) is 4. The molecule has 0 aliphatic carbocycles. The van der Waals surface area contributed by atoms with Crippen molar-refractivity contribution in [2.45, 2.75) is 44.1 Å². The van der Waals surface area contributed by atoms with E-state index < -0.39 is 5.54 Å². The zero-order chi connectivity index (χ0) is 20.5. The quantitative estimate of drug-likeness (QED) is 0.329. The summed E-state index contributed by atoms with van der Waals surface area (Å²) in [6, 6.07) is 0. The van der Waals surface area contributed by atoms with Gasteiger partial charge in [-0.25, -0.2) is 0 Å². The van der Waals surface area contributed by atoms with Gasteiger partial charge >= 0.3 is 0 Å². The van der Waals surface area contributed by atoms with E-state index in [2.05, 4.69) is 39.0 Å². The first kappa shape index (κ1) is 24.1. The van der Waals surface area contributed by atoms with E-state index >= 15 is 0 Å². The van der Waals surface area contributed by atoms with Crippen LogP contribution in [0, 0.1) is 37.0 Å². The lowest BCUT2D eigenvalue weighted by atomic mass is 9.83. The molecule has 0 saturated carbocycles. The van der Waals surface area contributed by atoms with Gasteiger partial charge in [-0.15, -0.1) is 19.3 Å². The average molecular weight is 372 g/mol. The minimum Gasteiger partial charge on any atom is -0.345 e. The van der Waals surface area contributed by atoms with Gasteiger partial charge in [0.1, 0.15) is 0 Å². The van der Waals surface area contributed by atoms with E-state index in [1.165, 1.54) is 0 Å². The molecule has 0 spiro atoms. The summed E-state index contributed by atoms with van der Waals surface area (Å²) in [4.78, 5) is 35.7. The van der Waals surface area contributed by atoms with Crippen LogP contribution in [0.5, 0.6) is 0 Å². The van der Waals surface area contributed by atoms with Gasteiger partial charge in [-0.3, -0.25) is 14.4 Å².